The first-order valence-electron chi connectivity index (χ1n) is 10.7. The van der Waals surface area contributed by atoms with Crippen molar-refractivity contribution in [3.8, 4) is 0 Å². The third kappa shape index (κ3) is 12.4. The number of carbonyl (C=O) groups is 5. The molecule has 0 radical (unpaired) electrons. The van der Waals surface area contributed by atoms with Crippen molar-refractivity contribution in [1.82, 2.24) is 16.0 Å². The van der Waals surface area contributed by atoms with Gasteiger partial charge in [0, 0.05) is 0 Å². The lowest BCUT2D eigenvalue weighted by Gasteiger charge is -2.27. The standard InChI is InChI=1S/C20H37N5O7S/c1-11(2)16(19(30)24-14(20(31)32)10-15(26)27)25-18(29)13(6-4-5-8-21)23-17(28)12(22)7-9-33-3/h11-14,16H,4-10,21-22H2,1-3H3,(H,23,28)(H,24,30)(H,25,29)(H,26,27)(H,31,32). The average Bonchev–Trinajstić information content (AvgIpc) is 2.73. The average molecular weight is 492 g/mol. The second-order valence-electron chi connectivity index (χ2n) is 7.96. The van der Waals surface area contributed by atoms with Gasteiger partial charge in [-0.3, -0.25) is 19.2 Å². The van der Waals surface area contributed by atoms with Crippen molar-refractivity contribution in [2.45, 2.75) is 70.1 Å². The molecule has 0 spiro atoms. The van der Waals surface area contributed by atoms with Crippen LogP contribution in [0.5, 0.6) is 0 Å². The Morgan fingerprint density at radius 1 is 0.879 bits per heavy atom. The molecule has 0 saturated carbocycles. The van der Waals surface area contributed by atoms with E-state index in [0.29, 0.717) is 31.6 Å². The highest BCUT2D eigenvalue weighted by molar-refractivity contribution is 7.98. The van der Waals surface area contributed by atoms with Crippen molar-refractivity contribution >= 4 is 41.4 Å². The van der Waals surface area contributed by atoms with E-state index < -0.39 is 66.2 Å². The lowest BCUT2D eigenvalue weighted by Crippen LogP contribution is -2.58. The largest absolute Gasteiger partial charge is 0.481 e. The fraction of sp³-hybridized carbons (Fsp3) is 0.750. The van der Waals surface area contributed by atoms with Gasteiger partial charge in [0.15, 0.2) is 0 Å². The molecule has 0 bridgehead atoms. The number of nitrogens with two attached hydrogens (primary N) is 2. The van der Waals surface area contributed by atoms with Crippen LogP contribution in [0.2, 0.25) is 0 Å². The zero-order valence-electron chi connectivity index (χ0n) is 19.3. The van der Waals surface area contributed by atoms with E-state index in [-0.39, 0.29) is 6.42 Å². The van der Waals surface area contributed by atoms with Crippen LogP contribution in [0.1, 0.15) is 46.0 Å². The zero-order chi connectivity index (χ0) is 25.6. The number of amides is 3. The highest BCUT2D eigenvalue weighted by Crippen LogP contribution is 2.08. The molecular weight excluding hydrogens is 454 g/mol. The van der Waals surface area contributed by atoms with Crippen molar-refractivity contribution in [1.29, 1.82) is 0 Å². The molecule has 0 aliphatic heterocycles. The highest BCUT2D eigenvalue weighted by atomic mass is 32.2. The van der Waals surface area contributed by atoms with Crippen molar-refractivity contribution in [3.63, 3.8) is 0 Å². The van der Waals surface area contributed by atoms with E-state index in [1.165, 1.54) is 11.8 Å². The molecule has 0 aromatic rings. The molecule has 0 aliphatic rings. The molecule has 0 saturated heterocycles. The molecule has 33 heavy (non-hydrogen) atoms. The molecule has 0 heterocycles. The Morgan fingerprint density at radius 3 is 1.97 bits per heavy atom. The summed E-state index contributed by atoms with van der Waals surface area (Å²) in [4.78, 5) is 60.1. The maximum absolute atomic E-state index is 12.9. The minimum absolute atomic E-state index is 0.271. The van der Waals surface area contributed by atoms with Crippen LogP contribution in [-0.2, 0) is 24.0 Å². The Morgan fingerprint density at radius 2 is 1.48 bits per heavy atom. The lowest BCUT2D eigenvalue weighted by molar-refractivity contribution is -0.147. The minimum atomic E-state index is -1.65. The molecule has 4 atom stereocenters. The Hall–Kier alpha value is -2.38. The van der Waals surface area contributed by atoms with Crippen LogP contribution >= 0.6 is 11.8 Å². The van der Waals surface area contributed by atoms with Crippen LogP contribution in [-0.4, -0.2) is 82.6 Å². The summed E-state index contributed by atoms with van der Waals surface area (Å²) in [6, 6.07) is -4.55. The minimum Gasteiger partial charge on any atom is -0.481 e. The predicted octanol–water partition coefficient (Wildman–Crippen LogP) is -1.13. The SMILES string of the molecule is CSCCC(N)C(=O)NC(CCCCN)C(=O)NC(C(=O)NC(CC(=O)O)C(=O)O)C(C)C. The maximum atomic E-state index is 12.9. The van der Waals surface area contributed by atoms with Crippen LogP contribution < -0.4 is 27.4 Å². The smallest absolute Gasteiger partial charge is 0.326 e. The van der Waals surface area contributed by atoms with Crippen LogP contribution in [0.3, 0.4) is 0 Å². The van der Waals surface area contributed by atoms with Gasteiger partial charge >= 0.3 is 11.9 Å². The summed E-state index contributed by atoms with van der Waals surface area (Å²) in [6.45, 7) is 3.68. The number of rotatable bonds is 17. The first kappa shape index (κ1) is 30.6. The summed E-state index contributed by atoms with van der Waals surface area (Å²) in [6.07, 6.45) is 2.95. The molecule has 9 N–H and O–H groups in total. The first-order chi connectivity index (χ1) is 15.4. The number of thioether (sulfide) groups is 1. The Balaban J connectivity index is 5.39. The molecule has 4 unspecified atom stereocenters. The van der Waals surface area contributed by atoms with E-state index in [4.69, 9.17) is 21.7 Å². The number of unbranched alkanes of at least 4 members (excludes halogenated alkanes) is 1. The Kier molecular flexibility index (Phi) is 15.1. The summed E-state index contributed by atoms with van der Waals surface area (Å²) < 4.78 is 0. The molecule has 12 nitrogen and oxygen atoms in total. The van der Waals surface area contributed by atoms with Gasteiger partial charge in [0.2, 0.25) is 17.7 Å². The fourth-order valence-corrected chi connectivity index (χ4v) is 3.33. The first-order valence-corrected chi connectivity index (χ1v) is 12.1. The Labute approximate surface area is 198 Å². The molecule has 0 fully saturated rings. The molecule has 0 aromatic heterocycles. The van der Waals surface area contributed by atoms with Gasteiger partial charge in [-0.1, -0.05) is 13.8 Å². The second-order valence-corrected chi connectivity index (χ2v) is 8.95. The van der Waals surface area contributed by atoms with E-state index in [9.17, 15) is 24.0 Å². The van der Waals surface area contributed by atoms with Crippen molar-refractivity contribution in [2.75, 3.05) is 18.6 Å². The Bertz CT molecular complexity index is 677. The summed E-state index contributed by atoms with van der Waals surface area (Å²) in [5.41, 5.74) is 11.4. The van der Waals surface area contributed by atoms with E-state index in [1.54, 1.807) is 13.8 Å². The van der Waals surface area contributed by atoms with Crippen LogP contribution in [0, 0.1) is 5.92 Å². The predicted molar refractivity (Wildman–Crippen MR) is 124 cm³/mol. The molecule has 190 valence electrons. The van der Waals surface area contributed by atoms with E-state index in [0.717, 1.165) is 0 Å². The molecule has 0 aromatic carbocycles. The molecule has 0 rings (SSSR count). The lowest BCUT2D eigenvalue weighted by atomic mass is 10.0. The van der Waals surface area contributed by atoms with Gasteiger partial charge in [-0.2, -0.15) is 11.8 Å². The van der Waals surface area contributed by atoms with Crippen molar-refractivity contribution in [3.05, 3.63) is 0 Å². The van der Waals surface area contributed by atoms with E-state index in [2.05, 4.69) is 16.0 Å². The number of carboxylic acid groups (broad SMARTS) is 2. The summed E-state index contributed by atoms with van der Waals surface area (Å²) in [5, 5.41) is 25.3. The topological polar surface area (TPSA) is 214 Å². The van der Waals surface area contributed by atoms with Gasteiger partial charge in [-0.15, -0.1) is 0 Å². The fourth-order valence-electron chi connectivity index (χ4n) is 2.84. The van der Waals surface area contributed by atoms with Gasteiger partial charge in [0.05, 0.1) is 12.5 Å². The van der Waals surface area contributed by atoms with Gasteiger partial charge in [-0.05, 0) is 50.2 Å². The summed E-state index contributed by atoms with van der Waals surface area (Å²) in [5.74, 6) is -4.63. The van der Waals surface area contributed by atoms with Crippen molar-refractivity contribution < 1.29 is 34.2 Å². The summed E-state index contributed by atoms with van der Waals surface area (Å²) >= 11 is 1.54. The third-order valence-corrected chi connectivity index (χ3v) is 5.43. The monoisotopic (exact) mass is 491 g/mol. The number of hydrogen-bond acceptors (Lipinski definition) is 8. The van der Waals surface area contributed by atoms with Gasteiger partial charge in [-0.25, -0.2) is 4.79 Å². The normalized spacial score (nSPS) is 14.6. The van der Waals surface area contributed by atoms with Crippen molar-refractivity contribution in [2.24, 2.45) is 17.4 Å². The van der Waals surface area contributed by atoms with Gasteiger partial charge < -0.3 is 37.6 Å². The molecule has 13 heteroatoms. The summed E-state index contributed by atoms with van der Waals surface area (Å²) in [7, 11) is 0. The van der Waals surface area contributed by atoms with Gasteiger partial charge in [0.1, 0.15) is 18.1 Å². The van der Waals surface area contributed by atoms with Crippen LogP contribution in [0.25, 0.3) is 0 Å². The van der Waals surface area contributed by atoms with Crippen LogP contribution in [0.15, 0.2) is 0 Å². The quantitative estimate of drug-likeness (QED) is 0.121. The zero-order valence-corrected chi connectivity index (χ0v) is 20.2. The van der Waals surface area contributed by atoms with Crippen LogP contribution in [0.4, 0.5) is 0 Å². The van der Waals surface area contributed by atoms with Gasteiger partial charge in [0.25, 0.3) is 0 Å². The number of hydrogen-bond donors (Lipinski definition) is 7. The number of carbonyl (C=O) groups excluding carboxylic acids is 3. The number of nitrogens with one attached hydrogen (secondary N) is 3. The number of carboxylic acids is 2. The molecule has 0 aliphatic carbocycles. The molecular formula is C20H37N5O7S. The third-order valence-electron chi connectivity index (χ3n) is 4.79. The number of aliphatic carboxylic acids is 2. The molecule has 3 amide bonds. The second kappa shape index (κ2) is 16.3. The highest BCUT2D eigenvalue weighted by Gasteiger charge is 2.32. The maximum Gasteiger partial charge on any atom is 0.326 e. The van der Waals surface area contributed by atoms with E-state index >= 15 is 0 Å². The van der Waals surface area contributed by atoms with E-state index in [1.807, 2.05) is 6.26 Å².